The summed E-state index contributed by atoms with van der Waals surface area (Å²) < 4.78 is 0. The predicted octanol–water partition coefficient (Wildman–Crippen LogP) is 2.87. The van der Waals surface area contributed by atoms with Crippen molar-refractivity contribution >= 4 is 0 Å². The van der Waals surface area contributed by atoms with E-state index in [-0.39, 0.29) is 0 Å². The fraction of sp³-hybridized carbons (Fsp3) is 0.588. The average Bonchev–Trinajstić information content (AvgIpc) is 2.56. The maximum Gasteiger partial charge on any atom is 0.0336 e. The van der Waals surface area contributed by atoms with Crippen LogP contribution in [0.4, 0.5) is 0 Å². The molecule has 2 aliphatic rings. The summed E-state index contributed by atoms with van der Waals surface area (Å²) in [6.07, 6.45) is 12.6. The Labute approximate surface area is 122 Å². The maximum absolute atomic E-state index is 4.24. The van der Waals surface area contributed by atoms with Crippen molar-refractivity contribution in [3.8, 4) is 0 Å². The number of aromatic nitrogens is 1. The molecule has 3 heteroatoms. The Bertz CT molecular complexity index is 435. The van der Waals surface area contributed by atoms with Crippen LogP contribution in [0.2, 0.25) is 0 Å². The summed E-state index contributed by atoms with van der Waals surface area (Å²) in [7, 11) is 0. The lowest BCUT2D eigenvalue weighted by Crippen LogP contribution is -2.50. The molecule has 1 fully saturated rings. The van der Waals surface area contributed by atoms with Crippen molar-refractivity contribution in [3.63, 3.8) is 0 Å². The van der Waals surface area contributed by atoms with E-state index in [1.807, 2.05) is 18.5 Å². The van der Waals surface area contributed by atoms with E-state index in [0.717, 1.165) is 0 Å². The van der Waals surface area contributed by atoms with Gasteiger partial charge < -0.3 is 0 Å². The van der Waals surface area contributed by atoms with E-state index in [1.165, 1.54) is 51.0 Å². The number of hydrogen-bond donors (Lipinski definition) is 0. The van der Waals surface area contributed by atoms with E-state index in [4.69, 9.17) is 0 Å². The lowest BCUT2D eigenvalue weighted by molar-refractivity contribution is 0.0818. The van der Waals surface area contributed by atoms with Gasteiger partial charge in [-0.25, -0.2) is 0 Å². The van der Waals surface area contributed by atoms with Crippen molar-refractivity contribution in [3.05, 3.63) is 42.2 Å². The van der Waals surface area contributed by atoms with Gasteiger partial charge in [0.05, 0.1) is 0 Å². The largest absolute Gasteiger partial charge is 0.294 e. The Hall–Kier alpha value is -1.19. The van der Waals surface area contributed by atoms with Gasteiger partial charge in [0.2, 0.25) is 0 Å². The van der Waals surface area contributed by atoms with E-state index in [9.17, 15) is 0 Å². The fourth-order valence-corrected chi connectivity index (χ4v) is 3.39. The van der Waals surface area contributed by atoms with Crippen molar-refractivity contribution < 1.29 is 0 Å². The molecule has 108 valence electrons. The van der Waals surface area contributed by atoms with Gasteiger partial charge in [0, 0.05) is 50.7 Å². The second-order valence-electron chi connectivity index (χ2n) is 5.96. The van der Waals surface area contributed by atoms with Crippen LogP contribution in [0.25, 0.3) is 0 Å². The highest BCUT2D eigenvalue weighted by molar-refractivity contribution is 5.13. The third kappa shape index (κ3) is 3.10. The molecule has 0 aromatic carbocycles. The quantitative estimate of drug-likeness (QED) is 0.788. The molecule has 1 aliphatic carbocycles. The molecule has 1 aromatic heterocycles. The van der Waals surface area contributed by atoms with Crippen LogP contribution in [0, 0.1) is 0 Å². The first kappa shape index (κ1) is 13.8. The molecule has 2 atom stereocenters. The number of nitrogens with zero attached hydrogens (tertiary/aromatic N) is 3. The van der Waals surface area contributed by atoms with Gasteiger partial charge in [-0.3, -0.25) is 14.8 Å². The molecule has 3 nitrogen and oxygen atoms in total. The minimum Gasteiger partial charge on any atom is -0.294 e. The van der Waals surface area contributed by atoms with Crippen molar-refractivity contribution in [2.75, 3.05) is 26.2 Å². The number of allylic oxidation sites excluding steroid dienone is 1. The third-order valence-corrected chi connectivity index (χ3v) is 4.76. The number of pyridine rings is 1. The molecular weight excluding hydrogens is 246 g/mol. The van der Waals surface area contributed by atoms with E-state index in [2.05, 4.69) is 39.9 Å². The molecule has 1 aliphatic heterocycles. The maximum atomic E-state index is 4.24. The van der Waals surface area contributed by atoms with E-state index in [1.54, 1.807) is 0 Å². The van der Waals surface area contributed by atoms with E-state index in [0.29, 0.717) is 12.1 Å². The Balaban J connectivity index is 1.55. The summed E-state index contributed by atoms with van der Waals surface area (Å²) in [6, 6.07) is 5.40. The highest BCUT2D eigenvalue weighted by Crippen LogP contribution is 2.23. The van der Waals surface area contributed by atoms with Gasteiger partial charge in [0.15, 0.2) is 0 Å². The number of piperazine rings is 1. The van der Waals surface area contributed by atoms with Gasteiger partial charge in [-0.2, -0.15) is 0 Å². The lowest BCUT2D eigenvalue weighted by Gasteiger charge is -2.41. The second kappa shape index (κ2) is 6.51. The van der Waals surface area contributed by atoms with Crippen LogP contribution in [0.3, 0.4) is 0 Å². The normalized spacial score (nSPS) is 26.6. The van der Waals surface area contributed by atoms with Gasteiger partial charge in [-0.05, 0) is 37.8 Å². The smallest absolute Gasteiger partial charge is 0.0336 e. The average molecular weight is 271 g/mol. The zero-order valence-electron chi connectivity index (χ0n) is 12.4. The summed E-state index contributed by atoms with van der Waals surface area (Å²) >= 11 is 0. The van der Waals surface area contributed by atoms with E-state index >= 15 is 0 Å². The summed E-state index contributed by atoms with van der Waals surface area (Å²) in [6.45, 7) is 7.02. The van der Waals surface area contributed by atoms with Gasteiger partial charge in [0.1, 0.15) is 0 Å². The van der Waals surface area contributed by atoms with Crippen LogP contribution in [0.15, 0.2) is 36.7 Å². The molecule has 0 N–H and O–H groups in total. The molecule has 0 radical (unpaired) electrons. The first-order valence-electron chi connectivity index (χ1n) is 7.89. The Morgan fingerprint density at radius 3 is 2.75 bits per heavy atom. The van der Waals surface area contributed by atoms with Crippen molar-refractivity contribution in [2.24, 2.45) is 0 Å². The van der Waals surface area contributed by atoms with Crippen LogP contribution >= 0.6 is 0 Å². The van der Waals surface area contributed by atoms with Crippen molar-refractivity contribution in [1.29, 1.82) is 0 Å². The molecule has 20 heavy (non-hydrogen) atoms. The van der Waals surface area contributed by atoms with Gasteiger partial charge in [-0.15, -0.1) is 0 Å². The highest BCUT2D eigenvalue weighted by atomic mass is 15.3. The molecule has 0 saturated carbocycles. The zero-order valence-corrected chi connectivity index (χ0v) is 12.4. The van der Waals surface area contributed by atoms with Crippen LogP contribution in [0.1, 0.15) is 37.8 Å². The Kier molecular flexibility index (Phi) is 4.48. The molecule has 0 bridgehead atoms. The minimum atomic E-state index is 0.479. The molecule has 0 amide bonds. The van der Waals surface area contributed by atoms with Gasteiger partial charge in [-0.1, -0.05) is 18.2 Å². The van der Waals surface area contributed by atoms with Gasteiger partial charge >= 0.3 is 0 Å². The van der Waals surface area contributed by atoms with Crippen LogP contribution in [-0.2, 0) is 0 Å². The Morgan fingerprint density at radius 2 is 2.10 bits per heavy atom. The monoisotopic (exact) mass is 271 g/mol. The summed E-state index contributed by atoms with van der Waals surface area (Å²) in [5.74, 6) is 0. The first-order chi connectivity index (χ1) is 9.84. The Morgan fingerprint density at radius 1 is 1.25 bits per heavy atom. The summed E-state index contributed by atoms with van der Waals surface area (Å²) in [5.41, 5.74) is 1.33. The number of rotatable bonds is 3. The second-order valence-corrected chi connectivity index (χ2v) is 5.96. The molecule has 1 saturated heterocycles. The minimum absolute atomic E-state index is 0.479. The van der Waals surface area contributed by atoms with Crippen LogP contribution < -0.4 is 0 Å². The molecule has 3 rings (SSSR count). The topological polar surface area (TPSA) is 19.4 Å². The third-order valence-electron chi connectivity index (χ3n) is 4.76. The standard InChI is InChI=1S/C17H25N3/c1-15(16-6-5-9-18-14-16)19-10-12-20(13-11-19)17-7-3-2-4-8-17/h3,5-7,9,14-15,17H,2,4,8,10-13H2,1H3. The lowest BCUT2D eigenvalue weighted by atomic mass is 10.0. The summed E-state index contributed by atoms with van der Waals surface area (Å²) in [4.78, 5) is 9.48. The first-order valence-corrected chi connectivity index (χ1v) is 7.89. The van der Waals surface area contributed by atoms with Crippen molar-refractivity contribution in [2.45, 2.75) is 38.3 Å². The van der Waals surface area contributed by atoms with Gasteiger partial charge in [0.25, 0.3) is 0 Å². The summed E-state index contributed by atoms with van der Waals surface area (Å²) in [5, 5.41) is 0. The molecule has 1 aromatic rings. The fourth-order valence-electron chi connectivity index (χ4n) is 3.39. The SMILES string of the molecule is CC(c1cccnc1)N1CCN(C2C=CCCC2)CC1. The highest BCUT2D eigenvalue weighted by Gasteiger charge is 2.25. The predicted molar refractivity (Wildman–Crippen MR) is 82.6 cm³/mol. The van der Waals surface area contributed by atoms with E-state index < -0.39 is 0 Å². The number of hydrogen-bond acceptors (Lipinski definition) is 3. The molecule has 2 unspecified atom stereocenters. The molecule has 2 heterocycles. The molecular formula is C17H25N3. The van der Waals surface area contributed by atoms with Crippen LogP contribution in [0.5, 0.6) is 0 Å². The zero-order chi connectivity index (χ0) is 13.8. The molecule has 0 spiro atoms. The van der Waals surface area contributed by atoms with Crippen molar-refractivity contribution in [1.82, 2.24) is 14.8 Å². The van der Waals surface area contributed by atoms with Crippen LogP contribution in [-0.4, -0.2) is 47.0 Å².